The molecule has 0 atom stereocenters. The van der Waals surface area contributed by atoms with Gasteiger partial charge in [0.1, 0.15) is 19.0 Å². The lowest BCUT2D eigenvalue weighted by molar-refractivity contribution is 0.133. The number of carbonyl (C=O) groups excluding carboxylic acids is 1. The van der Waals surface area contributed by atoms with Crippen LogP contribution in [0.4, 0.5) is 9.18 Å². The third kappa shape index (κ3) is 4.59. The fraction of sp³-hybridized carbons (Fsp3) is 0.562. The smallest absolute Gasteiger partial charge is 0.315 e. The van der Waals surface area contributed by atoms with Gasteiger partial charge in [-0.3, -0.25) is 0 Å². The van der Waals surface area contributed by atoms with E-state index >= 15 is 0 Å². The molecule has 1 heterocycles. The number of primary amides is 1. The Morgan fingerprint density at radius 1 is 1.36 bits per heavy atom. The number of nitrogens with zero attached hydrogens (tertiary/aromatic N) is 2. The van der Waals surface area contributed by atoms with Crippen LogP contribution in [0.2, 0.25) is 0 Å². The lowest BCUT2D eigenvalue weighted by Gasteiger charge is -2.36. The molecule has 2 N–H and O–H groups in total. The maximum Gasteiger partial charge on any atom is 0.315 e. The molecule has 6 heteroatoms. The number of alkyl halides is 1. The molecule has 1 aromatic carbocycles. The molecule has 1 saturated heterocycles. The van der Waals surface area contributed by atoms with Crippen LogP contribution >= 0.6 is 0 Å². The summed E-state index contributed by atoms with van der Waals surface area (Å²) in [5, 5.41) is 0. The van der Waals surface area contributed by atoms with Crippen molar-refractivity contribution in [2.45, 2.75) is 25.4 Å². The molecule has 0 radical (unpaired) electrons. The van der Waals surface area contributed by atoms with E-state index in [1.54, 1.807) is 17.0 Å². The van der Waals surface area contributed by atoms with E-state index in [9.17, 15) is 9.18 Å². The molecule has 1 aliphatic heterocycles. The molecule has 0 aliphatic carbocycles. The zero-order valence-electron chi connectivity index (χ0n) is 13.0. The highest BCUT2D eigenvalue weighted by Crippen LogP contribution is 2.19. The van der Waals surface area contributed by atoms with Crippen LogP contribution in [0.5, 0.6) is 5.75 Å². The van der Waals surface area contributed by atoms with Crippen molar-refractivity contribution >= 4 is 6.03 Å². The SMILES string of the molecule is CN1CCC(N(Cc2ccc(OCCF)cc2)C(N)=O)CC1. The zero-order chi connectivity index (χ0) is 15.9. The molecule has 0 bridgehead atoms. The number of ether oxygens (including phenoxy) is 1. The average molecular weight is 309 g/mol. The van der Waals surface area contributed by atoms with E-state index in [4.69, 9.17) is 10.5 Å². The fourth-order valence-electron chi connectivity index (χ4n) is 2.74. The maximum atomic E-state index is 12.1. The Labute approximate surface area is 130 Å². The molecule has 22 heavy (non-hydrogen) atoms. The normalized spacial score (nSPS) is 16.5. The van der Waals surface area contributed by atoms with Crippen molar-refractivity contribution in [2.75, 3.05) is 33.4 Å². The quantitative estimate of drug-likeness (QED) is 0.874. The summed E-state index contributed by atoms with van der Waals surface area (Å²) in [6.07, 6.45) is 1.88. The monoisotopic (exact) mass is 309 g/mol. The summed E-state index contributed by atoms with van der Waals surface area (Å²) in [4.78, 5) is 15.8. The van der Waals surface area contributed by atoms with Crippen LogP contribution in [0.25, 0.3) is 0 Å². The molecule has 2 rings (SSSR count). The summed E-state index contributed by atoms with van der Waals surface area (Å²) in [5.41, 5.74) is 6.54. The minimum atomic E-state index is -0.507. The number of hydrogen-bond donors (Lipinski definition) is 1. The summed E-state index contributed by atoms with van der Waals surface area (Å²) in [6, 6.07) is 7.16. The number of halogens is 1. The van der Waals surface area contributed by atoms with Gasteiger partial charge in [-0.1, -0.05) is 12.1 Å². The second-order valence-corrected chi connectivity index (χ2v) is 5.68. The topological polar surface area (TPSA) is 58.8 Å². The standard InChI is InChI=1S/C16H24FN3O2/c1-19-9-6-14(7-10-19)20(16(18)21)12-13-2-4-15(5-3-13)22-11-8-17/h2-5,14H,6-12H2,1H3,(H2,18,21). The van der Waals surface area contributed by atoms with E-state index < -0.39 is 6.67 Å². The van der Waals surface area contributed by atoms with Crippen molar-refractivity contribution in [3.8, 4) is 5.75 Å². The lowest BCUT2D eigenvalue weighted by Crippen LogP contribution is -2.48. The Hall–Kier alpha value is -1.82. The molecule has 122 valence electrons. The molecular weight excluding hydrogens is 285 g/mol. The van der Waals surface area contributed by atoms with Crippen LogP contribution in [0, 0.1) is 0 Å². The second kappa shape index (κ2) is 7.98. The van der Waals surface area contributed by atoms with Crippen LogP contribution in [0.1, 0.15) is 18.4 Å². The minimum Gasteiger partial charge on any atom is -0.491 e. The molecule has 0 aromatic heterocycles. The van der Waals surface area contributed by atoms with Crippen LogP contribution in [-0.4, -0.2) is 55.3 Å². The highest BCUT2D eigenvalue weighted by molar-refractivity contribution is 5.72. The number of benzene rings is 1. The molecule has 0 spiro atoms. The van der Waals surface area contributed by atoms with Gasteiger partial charge in [0.25, 0.3) is 0 Å². The number of carbonyl (C=O) groups is 1. The lowest BCUT2D eigenvalue weighted by atomic mass is 10.0. The summed E-state index contributed by atoms with van der Waals surface area (Å²) >= 11 is 0. The number of rotatable bonds is 6. The highest BCUT2D eigenvalue weighted by Gasteiger charge is 2.25. The van der Waals surface area contributed by atoms with E-state index in [1.807, 2.05) is 12.1 Å². The van der Waals surface area contributed by atoms with Gasteiger partial charge < -0.3 is 20.3 Å². The Balaban J connectivity index is 1.97. The second-order valence-electron chi connectivity index (χ2n) is 5.68. The van der Waals surface area contributed by atoms with E-state index in [1.165, 1.54) is 0 Å². The first-order valence-corrected chi connectivity index (χ1v) is 7.62. The van der Waals surface area contributed by atoms with Gasteiger partial charge >= 0.3 is 6.03 Å². The number of likely N-dealkylation sites (tertiary alicyclic amines) is 1. The van der Waals surface area contributed by atoms with E-state index in [-0.39, 0.29) is 18.7 Å². The van der Waals surface area contributed by atoms with Gasteiger partial charge in [0, 0.05) is 12.6 Å². The summed E-state index contributed by atoms with van der Waals surface area (Å²) in [7, 11) is 2.08. The largest absolute Gasteiger partial charge is 0.491 e. The molecule has 2 amide bonds. The van der Waals surface area contributed by atoms with Crippen molar-refractivity contribution in [1.82, 2.24) is 9.80 Å². The number of urea groups is 1. The van der Waals surface area contributed by atoms with Crippen molar-refractivity contribution < 1.29 is 13.9 Å². The molecule has 0 unspecified atom stereocenters. The van der Waals surface area contributed by atoms with E-state index in [0.717, 1.165) is 31.5 Å². The third-order valence-electron chi connectivity index (χ3n) is 4.03. The van der Waals surface area contributed by atoms with Crippen molar-refractivity contribution in [1.29, 1.82) is 0 Å². The van der Waals surface area contributed by atoms with Gasteiger partial charge in [-0.25, -0.2) is 9.18 Å². The van der Waals surface area contributed by atoms with E-state index in [2.05, 4.69) is 11.9 Å². The third-order valence-corrected chi connectivity index (χ3v) is 4.03. The first-order valence-electron chi connectivity index (χ1n) is 7.62. The molecule has 0 saturated carbocycles. The molecule has 1 fully saturated rings. The van der Waals surface area contributed by atoms with Crippen LogP contribution < -0.4 is 10.5 Å². The number of piperidine rings is 1. The van der Waals surface area contributed by atoms with Gasteiger partial charge in [-0.2, -0.15) is 0 Å². The molecule has 1 aromatic rings. The van der Waals surface area contributed by atoms with Gasteiger partial charge in [0.05, 0.1) is 0 Å². The van der Waals surface area contributed by atoms with Crippen LogP contribution in [0.3, 0.4) is 0 Å². The number of hydrogen-bond acceptors (Lipinski definition) is 3. The average Bonchev–Trinajstić information content (AvgIpc) is 2.52. The van der Waals surface area contributed by atoms with Gasteiger partial charge in [-0.05, 0) is 50.7 Å². The first kappa shape index (κ1) is 16.5. The predicted molar refractivity (Wildman–Crippen MR) is 83.6 cm³/mol. The van der Waals surface area contributed by atoms with Gasteiger partial charge in [0.15, 0.2) is 0 Å². The molecular formula is C16H24FN3O2. The molecule has 1 aliphatic rings. The maximum absolute atomic E-state index is 12.1. The van der Waals surface area contributed by atoms with Gasteiger partial charge in [0.2, 0.25) is 0 Å². The van der Waals surface area contributed by atoms with Crippen LogP contribution in [0.15, 0.2) is 24.3 Å². The summed E-state index contributed by atoms with van der Waals surface area (Å²) in [6.45, 7) is 2.00. The fourth-order valence-corrected chi connectivity index (χ4v) is 2.74. The van der Waals surface area contributed by atoms with E-state index in [0.29, 0.717) is 12.3 Å². The van der Waals surface area contributed by atoms with Crippen molar-refractivity contribution in [3.63, 3.8) is 0 Å². The molecule has 5 nitrogen and oxygen atoms in total. The zero-order valence-corrected chi connectivity index (χ0v) is 13.0. The Bertz CT molecular complexity index is 473. The minimum absolute atomic E-state index is 0.0579. The Kier molecular flexibility index (Phi) is 6.00. The summed E-state index contributed by atoms with van der Waals surface area (Å²) < 4.78 is 17.3. The number of nitrogens with two attached hydrogens (primary N) is 1. The Morgan fingerprint density at radius 3 is 2.55 bits per heavy atom. The van der Waals surface area contributed by atoms with Gasteiger partial charge in [-0.15, -0.1) is 0 Å². The van der Waals surface area contributed by atoms with Crippen LogP contribution in [-0.2, 0) is 6.54 Å². The van der Waals surface area contributed by atoms with Crippen molar-refractivity contribution in [2.24, 2.45) is 5.73 Å². The number of amides is 2. The first-order chi connectivity index (χ1) is 10.6. The van der Waals surface area contributed by atoms with Crippen molar-refractivity contribution in [3.05, 3.63) is 29.8 Å². The Morgan fingerprint density at radius 2 is 2.00 bits per heavy atom. The summed E-state index contributed by atoms with van der Waals surface area (Å²) in [5.74, 6) is 0.631. The highest BCUT2D eigenvalue weighted by atomic mass is 19.1. The predicted octanol–water partition coefficient (Wildman–Crippen LogP) is 2.01.